The smallest absolute Gasteiger partial charge is 0.184 e. The Morgan fingerprint density at radius 3 is 2.74 bits per heavy atom. The van der Waals surface area contributed by atoms with Gasteiger partial charge in [0.15, 0.2) is 16.6 Å². The molecule has 1 rings (SSSR count). The van der Waals surface area contributed by atoms with Gasteiger partial charge in [-0.3, -0.25) is 5.43 Å². The zero-order valence-electron chi connectivity index (χ0n) is 10.9. The normalized spacial score (nSPS) is 10.8. The molecule has 0 spiro atoms. The van der Waals surface area contributed by atoms with E-state index in [9.17, 15) is 0 Å². The van der Waals surface area contributed by atoms with Gasteiger partial charge >= 0.3 is 0 Å². The molecule has 104 valence electrons. The molecule has 0 radical (unpaired) electrons. The molecule has 0 saturated heterocycles. The molecule has 3 N–H and O–H groups in total. The van der Waals surface area contributed by atoms with Crippen LogP contribution in [0, 0.1) is 3.57 Å². The fraction of sp³-hybridized carbons (Fsp3) is 0.333. The van der Waals surface area contributed by atoms with Crippen molar-refractivity contribution in [2.75, 3.05) is 7.11 Å². The third-order valence-corrected chi connectivity index (χ3v) is 2.89. The van der Waals surface area contributed by atoms with E-state index in [-0.39, 0.29) is 11.2 Å². The Morgan fingerprint density at radius 1 is 1.53 bits per heavy atom. The van der Waals surface area contributed by atoms with Crippen molar-refractivity contribution in [3.8, 4) is 11.5 Å². The van der Waals surface area contributed by atoms with Crippen molar-refractivity contribution < 1.29 is 9.47 Å². The summed E-state index contributed by atoms with van der Waals surface area (Å²) in [5.74, 6) is 1.40. The number of halogens is 1. The van der Waals surface area contributed by atoms with E-state index in [1.165, 1.54) is 0 Å². The van der Waals surface area contributed by atoms with Crippen LogP contribution in [0.25, 0.3) is 0 Å². The number of methoxy groups -OCH3 is 1. The summed E-state index contributed by atoms with van der Waals surface area (Å²) in [6.07, 6.45) is 1.70. The van der Waals surface area contributed by atoms with E-state index < -0.39 is 0 Å². The number of nitrogens with zero attached hydrogens (tertiary/aromatic N) is 1. The summed E-state index contributed by atoms with van der Waals surface area (Å²) in [5, 5.41) is 4.03. The molecule has 0 saturated carbocycles. The van der Waals surface area contributed by atoms with Crippen molar-refractivity contribution in [2.45, 2.75) is 20.0 Å². The van der Waals surface area contributed by atoms with Crippen molar-refractivity contribution in [1.29, 1.82) is 0 Å². The Bertz CT molecular complexity index is 492. The minimum absolute atomic E-state index is 0.0817. The molecule has 19 heavy (non-hydrogen) atoms. The monoisotopic (exact) mass is 393 g/mol. The van der Waals surface area contributed by atoms with Crippen LogP contribution in [0.15, 0.2) is 17.2 Å². The number of nitrogens with two attached hydrogens (primary N) is 1. The highest BCUT2D eigenvalue weighted by atomic mass is 127. The third kappa shape index (κ3) is 5.19. The quantitative estimate of drug-likeness (QED) is 0.348. The van der Waals surface area contributed by atoms with Crippen LogP contribution < -0.4 is 20.6 Å². The highest BCUT2D eigenvalue weighted by Gasteiger charge is 2.12. The maximum absolute atomic E-state index is 5.73. The van der Waals surface area contributed by atoms with Crippen molar-refractivity contribution in [2.24, 2.45) is 10.8 Å². The number of hydrazone groups is 1. The Morgan fingerprint density at radius 2 is 2.21 bits per heavy atom. The first-order valence-corrected chi connectivity index (χ1v) is 7.05. The number of rotatable bonds is 5. The summed E-state index contributed by atoms with van der Waals surface area (Å²) in [6.45, 7) is 3.94. The van der Waals surface area contributed by atoms with Gasteiger partial charge in [0.2, 0.25) is 0 Å². The van der Waals surface area contributed by atoms with Gasteiger partial charge in [-0.15, -0.1) is 0 Å². The van der Waals surface area contributed by atoms with Gasteiger partial charge in [0.1, 0.15) is 0 Å². The topological polar surface area (TPSA) is 68.9 Å². The average Bonchev–Trinajstić information content (AvgIpc) is 2.31. The molecule has 0 aliphatic rings. The van der Waals surface area contributed by atoms with Crippen LogP contribution in [0.2, 0.25) is 0 Å². The number of thiocarbonyl (C=S) groups is 1. The Kier molecular flexibility index (Phi) is 6.29. The van der Waals surface area contributed by atoms with E-state index in [4.69, 9.17) is 15.2 Å². The fourth-order valence-electron chi connectivity index (χ4n) is 1.33. The maximum Gasteiger partial charge on any atom is 0.184 e. The molecular weight excluding hydrogens is 377 g/mol. The van der Waals surface area contributed by atoms with Gasteiger partial charge in [-0.1, -0.05) is 0 Å². The lowest BCUT2D eigenvalue weighted by Gasteiger charge is -2.15. The molecule has 7 heteroatoms. The standard InChI is InChI=1S/C12H16IN3O2S/c1-7(2)18-11-9(13)4-8(5-10(11)17-3)6-15-16-12(14)19/h4-7H,1-3H3,(H3,14,16,19). The van der Waals surface area contributed by atoms with Gasteiger partial charge in [-0.25, -0.2) is 0 Å². The first-order valence-electron chi connectivity index (χ1n) is 5.56. The van der Waals surface area contributed by atoms with E-state index in [1.807, 2.05) is 26.0 Å². The van der Waals surface area contributed by atoms with E-state index in [2.05, 4.69) is 45.3 Å². The maximum atomic E-state index is 5.73. The second-order valence-corrected chi connectivity index (χ2v) is 5.54. The number of hydrogen-bond acceptors (Lipinski definition) is 4. The molecule has 0 bridgehead atoms. The zero-order valence-corrected chi connectivity index (χ0v) is 13.9. The molecule has 0 aromatic heterocycles. The predicted molar refractivity (Wildman–Crippen MR) is 89.0 cm³/mol. The van der Waals surface area contributed by atoms with Gasteiger partial charge in [-0.2, -0.15) is 5.10 Å². The summed E-state index contributed by atoms with van der Waals surface area (Å²) in [6, 6.07) is 3.77. The fourth-order valence-corrected chi connectivity index (χ4v) is 2.14. The minimum atomic E-state index is 0.0817. The van der Waals surface area contributed by atoms with Crippen LogP contribution in [0.4, 0.5) is 0 Å². The number of benzene rings is 1. The molecule has 0 unspecified atom stereocenters. The van der Waals surface area contributed by atoms with Gasteiger partial charge in [0.25, 0.3) is 0 Å². The second-order valence-electron chi connectivity index (χ2n) is 3.93. The van der Waals surface area contributed by atoms with Crippen LogP contribution in [-0.4, -0.2) is 24.5 Å². The van der Waals surface area contributed by atoms with Gasteiger partial charge < -0.3 is 15.2 Å². The summed E-state index contributed by atoms with van der Waals surface area (Å²) < 4.78 is 12.0. The number of ether oxygens (including phenoxy) is 2. The summed E-state index contributed by atoms with van der Waals surface area (Å²) in [7, 11) is 1.60. The van der Waals surface area contributed by atoms with Crippen molar-refractivity contribution in [1.82, 2.24) is 5.43 Å². The Labute approximate surface area is 131 Å². The van der Waals surface area contributed by atoms with E-state index in [0.717, 1.165) is 14.9 Å². The summed E-state index contributed by atoms with van der Waals surface area (Å²) in [4.78, 5) is 0. The lowest BCUT2D eigenvalue weighted by molar-refractivity contribution is 0.228. The van der Waals surface area contributed by atoms with Crippen molar-refractivity contribution in [3.05, 3.63) is 21.3 Å². The highest BCUT2D eigenvalue weighted by Crippen LogP contribution is 2.34. The Balaban J connectivity index is 3.01. The molecule has 1 aromatic carbocycles. The second kappa shape index (κ2) is 7.49. The van der Waals surface area contributed by atoms with Crippen molar-refractivity contribution >= 4 is 46.1 Å². The molecule has 5 nitrogen and oxygen atoms in total. The average molecular weight is 393 g/mol. The van der Waals surface area contributed by atoms with Gasteiger partial charge in [-0.05, 0) is 66.4 Å². The Hall–Kier alpha value is -1.09. The number of nitrogens with one attached hydrogen (secondary N) is 1. The molecule has 0 heterocycles. The lowest BCUT2D eigenvalue weighted by atomic mass is 10.2. The zero-order chi connectivity index (χ0) is 14.4. The van der Waals surface area contributed by atoms with E-state index in [0.29, 0.717) is 5.75 Å². The van der Waals surface area contributed by atoms with Crippen LogP contribution >= 0.6 is 34.8 Å². The summed E-state index contributed by atoms with van der Waals surface area (Å²) >= 11 is 6.86. The van der Waals surface area contributed by atoms with Crippen LogP contribution in [0.3, 0.4) is 0 Å². The van der Waals surface area contributed by atoms with E-state index >= 15 is 0 Å². The molecule has 1 aromatic rings. The first kappa shape index (κ1) is 16.0. The third-order valence-electron chi connectivity index (χ3n) is 1.99. The largest absolute Gasteiger partial charge is 0.493 e. The van der Waals surface area contributed by atoms with Crippen LogP contribution in [0.1, 0.15) is 19.4 Å². The van der Waals surface area contributed by atoms with Gasteiger partial charge in [0, 0.05) is 0 Å². The predicted octanol–water partition coefficient (Wildman–Crippen LogP) is 2.25. The number of hydrogen-bond donors (Lipinski definition) is 2. The van der Waals surface area contributed by atoms with E-state index in [1.54, 1.807) is 13.3 Å². The molecule has 0 atom stereocenters. The molecule has 0 amide bonds. The van der Waals surface area contributed by atoms with Gasteiger partial charge in [0.05, 0.1) is 23.0 Å². The molecule has 0 aliphatic heterocycles. The van der Waals surface area contributed by atoms with Crippen molar-refractivity contribution in [3.63, 3.8) is 0 Å². The molecule has 0 fully saturated rings. The molecular formula is C12H16IN3O2S. The van der Waals surface area contributed by atoms with Crippen LogP contribution in [-0.2, 0) is 0 Å². The molecule has 0 aliphatic carbocycles. The minimum Gasteiger partial charge on any atom is -0.493 e. The SMILES string of the molecule is COc1cc(C=NNC(N)=S)cc(I)c1OC(C)C. The first-order chi connectivity index (χ1) is 8.93. The summed E-state index contributed by atoms with van der Waals surface area (Å²) in [5.41, 5.74) is 8.65. The highest BCUT2D eigenvalue weighted by molar-refractivity contribution is 14.1. The van der Waals surface area contributed by atoms with Crippen LogP contribution in [0.5, 0.6) is 11.5 Å². The lowest BCUT2D eigenvalue weighted by Crippen LogP contribution is -2.24.